The fraction of sp³-hybridized carbons (Fsp3) is 0.423. The number of anilines is 2. The van der Waals surface area contributed by atoms with Crippen molar-refractivity contribution in [2.75, 3.05) is 62.6 Å². The molecule has 0 radical (unpaired) electrons. The van der Waals surface area contributed by atoms with E-state index in [2.05, 4.69) is 15.5 Å². The Bertz CT molecular complexity index is 1130. The fourth-order valence-corrected chi connectivity index (χ4v) is 5.15. The van der Waals surface area contributed by atoms with Crippen LogP contribution in [0.5, 0.6) is 0 Å². The summed E-state index contributed by atoms with van der Waals surface area (Å²) in [6, 6.07) is 10.4. The summed E-state index contributed by atoms with van der Waals surface area (Å²) in [7, 11) is 0. The molecule has 0 atom stereocenters. The van der Waals surface area contributed by atoms with E-state index >= 15 is 0 Å². The zero-order valence-corrected chi connectivity index (χ0v) is 21.9. The third kappa shape index (κ3) is 6.30. The van der Waals surface area contributed by atoms with Crippen molar-refractivity contribution in [2.24, 2.45) is 0 Å². The summed E-state index contributed by atoms with van der Waals surface area (Å²) >= 11 is 12.2. The molecule has 0 aromatic heterocycles. The number of rotatable bonds is 4. The van der Waals surface area contributed by atoms with E-state index in [0.29, 0.717) is 66.1 Å². The van der Waals surface area contributed by atoms with Crippen LogP contribution in [0.3, 0.4) is 0 Å². The number of carbonyl (C=O) groups is 3. The molecule has 2 saturated heterocycles. The molecule has 0 saturated carbocycles. The normalized spacial score (nSPS) is 16.8. The minimum absolute atomic E-state index is 0.0377. The number of nitrogens with one attached hydrogen (secondary N) is 2. The van der Waals surface area contributed by atoms with E-state index in [1.807, 2.05) is 17.0 Å². The summed E-state index contributed by atoms with van der Waals surface area (Å²) in [6.07, 6.45) is 1.66. The van der Waals surface area contributed by atoms with Crippen LogP contribution in [-0.2, 0) is 4.79 Å². The van der Waals surface area contributed by atoms with Crippen LogP contribution < -0.4 is 15.5 Å². The van der Waals surface area contributed by atoms with E-state index in [-0.39, 0.29) is 17.7 Å². The van der Waals surface area contributed by atoms with Crippen molar-refractivity contribution >= 4 is 52.3 Å². The second kappa shape index (κ2) is 12.0. The Morgan fingerprint density at radius 3 is 2.39 bits per heavy atom. The predicted molar refractivity (Wildman–Crippen MR) is 143 cm³/mol. The van der Waals surface area contributed by atoms with Crippen LogP contribution in [0, 0.1) is 0 Å². The van der Waals surface area contributed by atoms with Gasteiger partial charge in [-0.25, -0.2) is 0 Å². The molecule has 0 spiro atoms. The monoisotopic (exact) mass is 531 g/mol. The Balaban J connectivity index is 1.52. The highest BCUT2D eigenvalue weighted by molar-refractivity contribution is 6.36. The molecule has 2 aliphatic heterocycles. The van der Waals surface area contributed by atoms with Gasteiger partial charge in [-0.2, -0.15) is 0 Å². The van der Waals surface area contributed by atoms with Gasteiger partial charge in [0, 0.05) is 63.3 Å². The molecule has 2 fully saturated rings. The van der Waals surface area contributed by atoms with Crippen LogP contribution in [-0.4, -0.2) is 79.9 Å². The van der Waals surface area contributed by atoms with Gasteiger partial charge in [-0.3, -0.25) is 14.4 Å². The van der Waals surface area contributed by atoms with Crippen molar-refractivity contribution < 1.29 is 14.4 Å². The summed E-state index contributed by atoms with van der Waals surface area (Å²) in [5.74, 6) is -0.373. The Hall–Kier alpha value is -2.81. The van der Waals surface area contributed by atoms with E-state index in [1.165, 1.54) is 6.92 Å². The second-order valence-electron chi connectivity index (χ2n) is 9.07. The Labute approximate surface area is 221 Å². The van der Waals surface area contributed by atoms with Gasteiger partial charge in [-0.1, -0.05) is 23.2 Å². The first-order valence-corrected chi connectivity index (χ1v) is 13.0. The van der Waals surface area contributed by atoms with E-state index in [4.69, 9.17) is 23.2 Å². The molecular formula is C26H31Cl2N5O3. The quantitative estimate of drug-likeness (QED) is 0.627. The number of benzene rings is 2. The SMILES string of the molecule is CC(=O)Nc1cc(C(=O)N2CCCNCC2)ccc1N1CCCN(C(=O)c2ccc(Cl)cc2Cl)CC1. The molecule has 192 valence electrons. The molecule has 8 nitrogen and oxygen atoms in total. The third-order valence-corrected chi connectivity index (χ3v) is 7.01. The number of amides is 3. The molecule has 0 bridgehead atoms. The summed E-state index contributed by atoms with van der Waals surface area (Å²) in [4.78, 5) is 44.0. The molecule has 2 N–H and O–H groups in total. The molecule has 4 rings (SSSR count). The van der Waals surface area contributed by atoms with Gasteiger partial charge in [-0.05, 0) is 55.8 Å². The lowest BCUT2D eigenvalue weighted by Crippen LogP contribution is -2.36. The number of hydrogen-bond donors (Lipinski definition) is 2. The average molecular weight is 532 g/mol. The van der Waals surface area contributed by atoms with Crippen LogP contribution in [0.4, 0.5) is 11.4 Å². The Morgan fingerprint density at radius 2 is 1.61 bits per heavy atom. The highest BCUT2D eigenvalue weighted by Crippen LogP contribution is 2.30. The predicted octanol–water partition coefficient (Wildman–Crippen LogP) is 3.74. The van der Waals surface area contributed by atoms with Crippen molar-refractivity contribution in [3.63, 3.8) is 0 Å². The van der Waals surface area contributed by atoms with Crippen molar-refractivity contribution in [2.45, 2.75) is 19.8 Å². The smallest absolute Gasteiger partial charge is 0.255 e. The lowest BCUT2D eigenvalue weighted by atomic mass is 10.1. The van der Waals surface area contributed by atoms with Gasteiger partial charge in [-0.15, -0.1) is 0 Å². The molecule has 2 aliphatic rings. The van der Waals surface area contributed by atoms with Crippen LogP contribution >= 0.6 is 23.2 Å². The summed E-state index contributed by atoms with van der Waals surface area (Å²) in [5, 5.41) is 7.03. The van der Waals surface area contributed by atoms with Gasteiger partial charge in [0.1, 0.15) is 0 Å². The average Bonchev–Trinajstić information content (AvgIpc) is 3.26. The first-order valence-electron chi connectivity index (χ1n) is 12.2. The maximum absolute atomic E-state index is 13.1. The molecule has 2 aromatic rings. The van der Waals surface area contributed by atoms with Crippen LogP contribution in [0.15, 0.2) is 36.4 Å². The van der Waals surface area contributed by atoms with E-state index in [9.17, 15) is 14.4 Å². The van der Waals surface area contributed by atoms with Crippen molar-refractivity contribution in [3.05, 3.63) is 57.6 Å². The summed E-state index contributed by atoms with van der Waals surface area (Å²) < 4.78 is 0. The van der Waals surface area contributed by atoms with Gasteiger partial charge in [0.15, 0.2) is 0 Å². The summed E-state index contributed by atoms with van der Waals surface area (Å²) in [6.45, 7) is 6.86. The lowest BCUT2D eigenvalue weighted by Gasteiger charge is -2.27. The molecule has 0 unspecified atom stereocenters. The van der Waals surface area contributed by atoms with Gasteiger partial charge in [0.2, 0.25) is 5.91 Å². The van der Waals surface area contributed by atoms with Gasteiger partial charge < -0.3 is 25.3 Å². The minimum Gasteiger partial charge on any atom is -0.368 e. The van der Waals surface area contributed by atoms with Gasteiger partial charge in [0.05, 0.1) is 22.0 Å². The van der Waals surface area contributed by atoms with Crippen molar-refractivity contribution in [1.82, 2.24) is 15.1 Å². The van der Waals surface area contributed by atoms with Crippen LogP contribution in [0.2, 0.25) is 10.0 Å². The Kier molecular flexibility index (Phi) is 8.72. The van der Waals surface area contributed by atoms with Crippen LogP contribution in [0.25, 0.3) is 0 Å². The first kappa shape index (κ1) is 26.3. The van der Waals surface area contributed by atoms with Crippen molar-refractivity contribution in [1.29, 1.82) is 0 Å². The zero-order valence-electron chi connectivity index (χ0n) is 20.4. The number of halogens is 2. The van der Waals surface area contributed by atoms with E-state index < -0.39 is 0 Å². The van der Waals surface area contributed by atoms with E-state index in [1.54, 1.807) is 29.2 Å². The highest BCUT2D eigenvalue weighted by atomic mass is 35.5. The summed E-state index contributed by atoms with van der Waals surface area (Å²) in [5.41, 5.74) is 2.41. The second-order valence-corrected chi connectivity index (χ2v) is 9.91. The van der Waals surface area contributed by atoms with Gasteiger partial charge in [0.25, 0.3) is 11.8 Å². The number of nitrogens with zero attached hydrogens (tertiary/aromatic N) is 3. The number of carbonyl (C=O) groups excluding carboxylic acids is 3. The molecule has 10 heteroatoms. The fourth-order valence-electron chi connectivity index (χ4n) is 4.66. The molecule has 3 amide bonds. The topological polar surface area (TPSA) is 85.0 Å². The highest BCUT2D eigenvalue weighted by Gasteiger charge is 2.25. The molecular weight excluding hydrogens is 501 g/mol. The third-order valence-electron chi connectivity index (χ3n) is 6.47. The largest absolute Gasteiger partial charge is 0.368 e. The molecule has 0 aliphatic carbocycles. The first-order chi connectivity index (χ1) is 17.3. The number of hydrogen-bond acceptors (Lipinski definition) is 5. The maximum Gasteiger partial charge on any atom is 0.255 e. The van der Waals surface area contributed by atoms with Gasteiger partial charge >= 0.3 is 0 Å². The minimum atomic E-state index is -0.205. The molecule has 2 heterocycles. The van der Waals surface area contributed by atoms with E-state index in [0.717, 1.165) is 31.6 Å². The molecule has 2 aromatic carbocycles. The standard InChI is InChI=1S/C26H31Cl2N5O3/c1-18(34)30-23-16-19(25(35)32-10-2-8-29-9-13-32)4-7-24(23)31-11-3-12-33(15-14-31)26(36)21-6-5-20(27)17-22(21)28/h4-7,16-17,29H,2-3,8-15H2,1H3,(H,30,34). The zero-order chi connectivity index (χ0) is 25.7. The maximum atomic E-state index is 13.1. The van der Waals surface area contributed by atoms with Crippen molar-refractivity contribution in [3.8, 4) is 0 Å². The lowest BCUT2D eigenvalue weighted by molar-refractivity contribution is -0.114. The van der Waals surface area contributed by atoms with Crippen LogP contribution in [0.1, 0.15) is 40.5 Å². The molecule has 36 heavy (non-hydrogen) atoms. The Morgan fingerprint density at radius 1 is 0.833 bits per heavy atom.